The molecule has 0 saturated carbocycles. The van der Waals surface area contributed by atoms with Gasteiger partial charge in [-0.05, 0) is 48.9 Å². The lowest BCUT2D eigenvalue weighted by atomic mass is 10.1. The summed E-state index contributed by atoms with van der Waals surface area (Å²) in [4.78, 5) is 31.4. The van der Waals surface area contributed by atoms with Crippen LogP contribution in [0.5, 0.6) is 0 Å². The van der Waals surface area contributed by atoms with E-state index in [4.69, 9.17) is 0 Å². The maximum Gasteiger partial charge on any atom is 0.240 e. The van der Waals surface area contributed by atoms with Crippen molar-refractivity contribution in [3.63, 3.8) is 0 Å². The van der Waals surface area contributed by atoms with Gasteiger partial charge in [0, 0.05) is 29.6 Å². The van der Waals surface area contributed by atoms with Gasteiger partial charge < -0.3 is 4.90 Å². The fraction of sp³-hybridized carbons (Fsp3) is 0.368. The first-order chi connectivity index (χ1) is 12.6. The van der Waals surface area contributed by atoms with Gasteiger partial charge in [0.25, 0.3) is 0 Å². The van der Waals surface area contributed by atoms with Crippen LogP contribution in [0.3, 0.4) is 0 Å². The van der Waals surface area contributed by atoms with Crippen molar-refractivity contribution in [3.8, 4) is 0 Å². The zero-order chi connectivity index (χ0) is 18.4. The second-order valence-electron chi connectivity index (χ2n) is 6.31. The van der Waals surface area contributed by atoms with Crippen molar-refractivity contribution in [2.24, 2.45) is 5.10 Å². The van der Waals surface area contributed by atoms with Gasteiger partial charge in [0.15, 0.2) is 0 Å². The molecule has 6 nitrogen and oxygen atoms in total. The summed E-state index contributed by atoms with van der Waals surface area (Å²) in [5.74, 6) is 0.00748. The Morgan fingerprint density at radius 1 is 1.27 bits per heavy atom. The van der Waals surface area contributed by atoms with E-state index in [9.17, 15) is 9.59 Å². The Morgan fingerprint density at radius 3 is 2.81 bits per heavy atom. The number of hydrogen-bond donors (Lipinski definition) is 1. The van der Waals surface area contributed by atoms with Crippen molar-refractivity contribution in [1.82, 2.24) is 15.3 Å². The Kier molecular flexibility index (Phi) is 6.12. The fourth-order valence-corrected chi connectivity index (χ4v) is 3.68. The molecule has 0 spiro atoms. The number of thiophene rings is 1. The van der Waals surface area contributed by atoms with Crippen molar-refractivity contribution in [1.29, 1.82) is 0 Å². The normalized spacial score (nSPS) is 13.9. The maximum absolute atomic E-state index is 12.9. The molecule has 1 aliphatic rings. The Morgan fingerprint density at radius 2 is 2.15 bits per heavy atom. The number of aromatic nitrogens is 1. The molecule has 3 heterocycles. The molecule has 0 aliphatic carbocycles. The quantitative estimate of drug-likeness (QED) is 0.814. The molecular formula is C19H22N4O2S. The standard InChI is InChI=1S/C19H22N4O2S/c1-14-9-11-26-17(14)13-23(12-16-4-2-3-10-20-16)19(25)8-6-15-5-7-18(24)22-21-15/h2-4,9-11H,5-8,12-13H2,1H3,(H,22,24). The van der Waals surface area contributed by atoms with Crippen molar-refractivity contribution in [3.05, 3.63) is 52.0 Å². The van der Waals surface area contributed by atoms with Crippen LogP contribution in [0.2, 0.25) is 0 Å². The predicted molar refractivity (Wildman–Crippen MR) is 102 cm³/mol. The van der Waals surface area contributed by atoms with Crippen LogP contribution < -0.4 is 5.43 Å². The van der Waals surface area contributed by atoms with Gasteiger partial charge in [-0.1, -0.05) is 6.07 Å². The number of aryl methyl sites for hydroxylation is 1. The molecule has 26 heavy (non-hydrogen) atoms. The molecule has 136 valence electrons. The van der Waals surface area contributed by atoms with Crippen LogP contribution in [0, 0.1) is 6.92 Å². The van der Waals surface area contributed by atoms with Crippen LogP contribution in [0.15, 0.2) is 40.9 Å². The van der Waals surface area contributed by atoms with Crippen LogP contribution in [-0.2, 0) is 22.7 Å². The SMILES string of the molecule is Cc1ccsc1CN(Cc1ccccn1)C(=O)CCC1=NNC(=O)CC1. The largest absolute Gasteiger partial charge is 0.332 e. The second-order valence-corrected chi connectivity index (χ2v) is 7.31. The summed E-state index contributed by atoms with van der Waals surface area (Å²) in [6.45, 7) is 3.14. The molecule has 2 aromatic heterocycles. The highest BCUT2D eigenvalue weighted by atomic mass is 32.1. The summed E-state index contributed by atoms with van der Waals surface area (Å²) in [7, 11) is 0. The second kappa shape index (κ2) is 8.71. The Labute approximate surface area is 156 Å². The van der Waals surface area contributed by atoms with Crippen LogP contribution in [-0.4, -0.2) is 27.4 Å². The van der Waals surface area contributed by atoms with E-state index in [1.165, 1.54) is 10.4 Å². The number of nitrogens with zero attached hydrogens (tertiary/aromatic N) is 3. The Bertz CT molecular complexity index is 801. The van der Waals surface area contributed by atoms with Crippen molar-refractivity contribution < 1.29 is 9.59 Å². The van der Waals surface area contributed by atoms with E-state index in [1.54, 1.807) is 17.5 Å². The van der Waals surface area contributed by atoms with Gasteiger partial charge >= 0.3 is 0 Å². The highest BCUT2D eigenvalue weighted by Crippen LogP contribution is 2.20. The monoisotopic (exact) mass is 370 g/mol. The molecule has 2 aromatic rings. The van der Waals surface area contributed by atoms with Crippen LogP contribution in [0.4, 0.5) is 0 Å². The number of hydrazone groups is 1. The number of nitrogens with one attached hydrogen (secondary N) is 1. The highest BCUT2D eigenvalue weighted by Gasteiger charge is 2.19. The minimum Gasteiger partial charge on any atom is -0.332 e. The molecule has 0 unspecified atom stereocenters. The van der Waals surface area contributed by atoms with E-state index in [0.29, 0.717) is 38.8 Å². The summed E-state index contributed by atoms with van der Waals surface area (Å²) >= 11 is 1.67. The molecule has 0 aromatic carbocycles. The molecule has 2 amide bonds. The number of rotatable bonds is 7. The van der Waals surface area contributed by atoms with Crippen LogP contribution >= 0.6 is 11.3 Å². The first kappa shape index (κ1) is 18.3. The van der Waals surface area contributed by atoms with Crippen molar-refractivity contribution in [2.45, 2.75) is 45.7 Å². The Hall–Kier alpha value is -2.54. The topological polar surface area (TPSA) is 74.7 Å². The predicted octanol–water partition coefficient (Wildman–Crippen LogP) is 3.03. The number of carbonyl (C=O) groups is 2. The van der Waals surface area contributed by atoms with Gasteiger partial charge in [-0.2, -0.15) is 5.10 Å². The third-order valence-electron chi connectivity index (χ3n) is 4.34. The fourth-order valence-electron chi connectivity index (χ4n) is 2.76. The number of carbonyl (C=O) groups excluding carboxylic acids is 2. The zero-order valence-corrected chi connectivity index (χ0v) is 15.6. The van der Waals surface area contributed by atoms with Crippen molar-refractivity contribution in [2.75, 3.05) is 0 Å². The molecule has 0 radical (unpaired) electrons. The number of amides is 2. The molecule has 1 aliphatic heterocycles. The summed E-state index contributed by atoms with van der Waals surface area (Å²) in [6, 6.07) is 7.81. The average Bonchev–Trinajstić information content (AvgIpc) is 3.06. The van der Waals surface area contributed by atoms with E-state index in [-0.39, 0.29) is 11.8 Å². The molecule has 1 N–H and O–H groups in total. The van der Waals surface area contributed by atoms with E-state index in [1.807, 2.05) is 28.5 Å². The van der Waals surface area contributed by atoms with Gasteiger partial charge in [-0.3, -0.25) is 14.6 Å². The lowest BCUT2D eigenvalue weighted by Crippen LogP contribution is -2.31. The molecule has 0 fully saturated rings. The third kappa shape index (κ3) is 4.98. The molecule has 0 bridgehead atoms. The number of pyridine rings is 1. The van der Waals surface area contributed by atoms with Gasteiger partial charge in [0.1, 0.15) is 0 Å². The van der Waals surface area contributed by atoms with Crippen LogP contribution in [0.1, 0.15) is 41.8 Å². The molecule has 3 rings (SSSR count). The minimum absolute atomic E-state index is 0.0648. The Balaban J connectivity index is 1.66. The lowest BCUT2D eigenvalue weighted by molar-refractivity contribution is -0.132. The summed E-state index contributed by atoms with van der Waals surface area (Å²) in [5, 5.41) is 6.10. The van der Waals surface area contributed by atoms with E-state index < -0.39 is 0 Å². The van der Waals surface area contributed by atoms with E-state index in [0.717, 1.165) is 11.4 Å². The molecule has 0 saturated heterocycles. The lowest BCUT2D eigenvalue weighted by Gasteiger charge is -2.23. The average molecular weight is 370 g/mol. The van der Waals surface area contributed by atoms with E-state index >= 15 is 0 Å². The third-order valence-corrected chi connectivity index (χ3v) is 5.35. The summed E-state index contributed by atoms with van der Waals surface area (Å²) < 4.78 is 0. The molecule has 7 heteroatoms. The van der Waals surface area contributed by atoms with Gasteiger partial charge in [-0.25, -0.2) is 5.43 Å². The smallest absolute Gasteiger partial charge is 0.240 e. The zero-order valence-electron chi connectivity index (χ0n) is 14.8. The first-order valence-electron chi connectivity index (χ1n) is 8.67. The van der Waals surface area contributed by atoms with Crippen molar-refractivity contribution >= 4 is 28.9 Å². The molecule has 0 atom stereocenters. The highest BCUT2D eigenvalue weighted by molar-refractivity contribution is 7.10. The van der Waals surface area contributed by atoms with Gasteiger partial charge in [0.2, 0.25) is 11.8 Å². The minimum atomic E-state index is -0.0648. The number of hydrogen-bond acceptors (Lipinski definition) is 5. The summed E-state index contributed by atoms with van der Waals surface area (Å²) in [5.41, 5.74) is 5.44. The summed E-state index contributed by atoms with van der Waals surface area (Å²) in [6.07, 6.45) is 3.77. The maximum atomic E-state index is 12.9. The first-order valence-corrected chi connectivity index (χ1v) is 9.54. The van der Waals surface area contributed by atoms with Crippen LogP contribution in [0.25, 0.3) is 0 Å². The van der Waals surface area contributed by atoms with Gasteiger partial charge in [-0.15, -0.1) is 11.3 Å². The van der Waals surface area contributed by atoms with Gasteiger partial charge in [0.05, 0.1) is 18.8 Å². The van der Waals surface area contributed by atoms with E-state index in [2.05, 4.69) is 28.5 Å². The molecular weight excluding hydrogens is 348 g/mol.